The first-order valence-electron chi connectivity index (χ1n) is 7.09. The van der Waals surface area contributed by atoms with Gasteiger partial charge >= 0.3 is 0 Å². The smallest absolute Gasteiger partial charge is 0.157 e. The molecule has 2 aromatic carbocycles. The third-order valence-electron chi connectivity index (χ3n) is 3.92. The number of nitrogens with one attached hydrogen (secondary N) is 1. The molecule has 0 radical (unpaired) electrons. The highest BCUT2D eigenvalue weighted by atomic mass is 16.3. The third kappa shape index (κ3) is 2.57. The Morgan fingerprint density at radius 2 is 1.80 bits per heavy atom. The second-order valence-corrected chi connectivity index (χ2v) is 5.33. The number of anilines is 1. The number of fused-ring (bicyclic) bond motifs is 1. The molecule has 0 saturated heterocycles. The predicted molar refractivity (Wildman–Crippen MR) is 80.2 cm³/mol. The summed E-state index contributed by atoms with van der Waals surface area (Å²) in [6, 6.07) is 11.4. The standard InChI is InChI=1S/C17H19NO2/c19-16-9-8-12(10-17(16)20)11-18-15-7-3-5-13-4-1-2-6-14(13)15/h3,5,7-10,18-20H,1-2,4,6,11H2. The molecule has 3 rings (SSSR count). The molecule has 1 aliphatic carbocycles. The van der Waals surface area contributed by atoms with E-state index in [9.17, 15) is 10.2 Å². The molecule has 3 N–H and O–H groups in total. The normalized spacial score (nSPS) is 13.8. The fraction of sp³-hybridized carbons (Fsp3) is 0.294. The van der Waals surface area contributed by atoms with E-state index >= 15 is 0 Å². The molecule has 0 atom stereocenters. The van der Waals surface area contributed by atoms with E-state index in [1.807, 2.05) is 6.07 Å². The van der Waals surface area contributed by atoms with Crippen molar-refractivity contribution in [3.63, 3.8) is 0 Å². The Bertz CT molecular complexity index is 622. The van der Waals surface area contributed by atoms with E-state index in [-0.39, 0.29) is 11.5 Å². The molecule has 1 aliphatic rings. The quantitative estimate of drug-likeness (QED) is 0.746. The van der Waals surface area contributed by atoms with Crippen molar-refractivity contribution < 1.29 is 10.2 Å². The summed E-state index contributed by atoms with van der Waals surface area (Å²) >= 11 is 0. The van der Waals surface area contributed by atoms with Gasteiger partial charge in [0.05, 0.1) is 0 Å². The van der Waals surface area contributed by atoms with Gasteiger partial charge in [0.2, 0.25) is 0 Å². The van der Waals surface area contributed by atoms with E-state index in [1.165, 1.54) is 42.1 Å². The van der Waals surface area contributed by atoms with Gasteiger partial charge in [-0.1, -0.05) is 18.2 Å². The number of aryl methyl sites for hydroxylation is 1. The number of rotatable bonds is 3. The van der Waals surface area contributed by atoms with Crippen molar-refractivity contribution >= 4 is 5.69 Å². The first kappa shape index (κ1) is 12.9. The SMILES string of the molecule is Oc1ccc(CNc2cccc3c2CCCC3)cc1O. The van der Waals surface area contributed by atoms with Crippen molar-refractivity contribution in [1.82, 2.24) is 0 Å². The molecule has 0 aromatic heterocycles. The van der Waals surface area contributed by atoms with Gasteiger partial charge in [-0.05, 0) is 60.6 Å². The molecular weight excluding hydrogens is 250 g/mol. The third-order valence-corrected chi connectivity index (χ3v) is 3.92. The molecule has 20 heavy (non-hydrogen) atoms. The Kier molecular flexibility index (Phi) is 3.50. The van der Waals surface area contributed by atoms with Crippen LogP contribution in [-0.4, -0.2) is 10.2 Å². The molecule has 104 valence electrons. The van der Waals surface area contributed by atoms with Gasteiger partial charge in [0.25, 0.3) is 0 Å². The van der Waals surface area contributed by atoms with Gasteiger partial charge in [-0.2, -0.15) is 0 Å². The second-order valence-electron chi connectivity index (χ2n) is 5.33. The van der Waals surface area contributed by atoms with Crippen molar-refractivity contribution in [2.45, 2.75) is 32.2 Å². The van der Waals surface area contributed by atoms with Gasteiger partial charge in [0, 0.05) is 12.2 Å². The van der Waals surface area contributed by atoms with E-state index in [0.29, 0.717) is 6.54 Å². The minimum atomic E-state index is -0.0779. The van der Waals surface area contributed by atoms with Crippen LogP contribution in [-0.2, 0) is 19.4 Å². The lowest BCUT2D eigenvalue weighted by atomic mass is 9.90. The maximum Gasteiger partial charge on any atom is 0.157 e. The van der Waals surface area contributed by atoms with Gasteiger partial charge in [0.15, 0.2) is 11.5 Å². The van der Waals surface area contributed by atoms with Crippen LogP contribution >= 0.6 is 0 Å². The molecule has 0 bridgehead atoms. The lowest BCUT2D eigenvalue weighted by Gasteiger charge is -2.20. The van der Waals surface area contributed by atoms with Crippen molar-refractivity contribution in [2.24, 2.45) is 0 Å². The van der Waals surface area contributed by atoms with E-state index in [2.05, 4.69) is 23.5 Å². The summed E-state index contributed by atoms with van der Waals surface area (Å²) in [6.45, 7) is 0.643. The average Bonchev–Trinajstić information content (AvgIpc) is 2.48. The summed E-state index contributed by atoms with van der Waals surface area (Å²) in [5.41, 5.74) is 5.03. The maximum atomic E-state index is 9.51. The highest BCUT2D eigenvalue weighted by Gasteiger charge is 2.12. The van der Waals surface area contributed by atoms with E-state index < -0.39 is 0 Å². The lowest BCUT2D eigenvalue weighted by Crippen LogP contribution is -2.08. The molecular formula is C17H19NO2. The first-order chi connectivity index (χ1) is 9.74. The Morgan fingerprint density at radius 3 is 2.65 bits per heavy atom. The van der Waals surface area contributed by atoms with Crippen LogP contribution in [0.4, 0.5) is 5.69 Å². The highest BCUT2D eigenvalue weighted by Crippen LogP contribution is 2.29. The average molecular weight is 269 g/mol. The molecule has 0 saturated carbocycles. The molecule has 0 spiro atoms. The fourth-order valence-corrected chi connectivity index (χ4v) is 2.82. The Balaban J connectivity index is 1.76. The first-order valence-corrected chi connectivity index (χ1v) is 7.09. The van der Waals surface area contributed by atoms with E-state index in [0.717, 1.165) is 12.0 Å². The largest absolute Gasteiger partial charge is 0.504 e. The van der Waals surface area contributed by atoms with E-state index in [4.69, 9.17) is 0 Å². The second kappa shape index (κ2) is 5.45. The Morgan fingerprint density at radius 1 is 0.950 bits per heavy atom. The van der Waals surface area contributed by atoms with Gasteiger partial charge in [-0.15, -0.1) is 0 Å². The number of aromatic hydroxyl groups is 2. The van der Waals surface area contributed by atoms with Crippen LogP contribution in [0.5, 0.6) is 11.5 Å². The van der Waals surface area contributed by atoms with Crippen LogP contribution in [0, 0.1) is 0 Å². The van der Waals surface area contributed by atoms with Gasteiger partial charge in [-0.25, -0.2) is 0 Å². The number of phenolic OH excluding ortho intramolecular Hbond substituents is 2. The van der Waals surface area contributed by atoms with Gasteiger partial charge < -0.3 is 15.5 Å². The lowest BCUT2D eigenvalue weighted by molar-refractivity contribution is 0.403. The fourth-order valence-electron chi connectivity index (χ4n) is 2.82. The molecule has 3 nitrogen and oxygen atoms in total. The maximum absolute atomic E-state index is 9.51. The van der Waals surface area contributed by atoms with Gasteiger partial charge in [0.1, 0.15) is 0 Å². The van der Waals surface area contributed by atoms with E-state index in [1.54, 1.807) is 6.07 Å². The van der Waals surface area contributed by atoms with Crippen molar-refractivity contribution in [1.29, 1.82) is 0 Å². The molecule has 0 aliphatic heterocycles. The van der Waals surface area contributed by atoms with Crippen LogP contribution < -0.4 is 5.32 Å². The van der Waals surface area contributed by atoms with Crippen LogP contribution in [0.25, 0.3) is 0 Å². The molecule has 0 amide bonds. The summed E-state index contributed by atoms with van der Waals surface area (Å²) in [6.07, 6.45) is 4.85. The summed E-state index contributed by atoms with van der Waals surface area (Å²) in [4.78, 5) is 0. The van der Waals surface area contributed by atoms with Gasteiger partial charge in [-0.3, -0.25) is 0 Å². The number of hydrogen-bond acceptors (Lipinski definition) is 3. The van der Waals surface area contributed by atoms with Crippen molar-refractivity contribution in [3.05, 3.63) is 53.1 Å². The predicted octanol–water partition coefficient (Wildman–Crippen LogP) is 3.59. The van der Waals surface area contributed by atoms with Crippen LogP contribution in [0.2, 0.25) is 0 Å². The minimum absolute atomic E-state index is 0.0700. The molecule has 2 aromatic rings. The zero-order valence-electron chi connectivity index (χ0n) is 11.4. The molecule has 0 unspecified atom stereocenters. The zero-order valence-corrected chi connectivity index (χ0v) is 11.4. The number of hydrogen-bond donors (Lipinski definition) is 3. The minimum Gasteiger partial charge on any atom is -0.504 e. The van der Waals surface area contributed by atoms with Crippen LogP contribution in [0.15, 0.2) is 36.4 Å². The van der Waals surface area contributed by atoms with Crippen LogP contribution in [0.3, 0.4) is 0 Å². The summed E-state index contributed by atoms with van der Waals surface area (Å²) in [7, 11) is 0. The topological polar surface area (TPSA) is 52.5 Å². The number of benzene rings is 2. The summed E-state index contributed by atoms with van der Waals surface area (Å²) in [5.74, 6) is -0.148. The van der Waals surface area contributed by atoms with Crippen molar-refractivity contribution in [3.8, 4) is 11.5 Å². The molecule has 0 heterocycles. The Hall–Kier alpha value is -2.16. The Labute approximate surface area is 118 Å². The molecule has 0 fully saturated rings. The summed E-state index contributed by atoms with van der Waals surface area (Å²) in [5, 5.41) is 22.3. The highest BCUT2D eigenvalue weighted by molar-refractivity contribution is 5.56. The molecule has 3 heteroatoms. The van der Waals surface area contributed by atoms with Crippen molar-refractivity contribution in [2.75, 3.05) is 5.32 Å². The van der Waals surface area contributed by atoms with Crippen LogP contribution in [0.1, 0.15) is 29.5 Å². The summed E-state index contributed by atoms with van der Waals surface area (Å²) < 4.78 is 0. The number of phenols is 2. The monoisotopic (exact) mass is 269 g/mol. The zero-order chi connectivity index (χ0) is 13.9.